The highest BCUT2D eigenvalue weighted by molar-refractivity contribution is 9.10. The van der Waals surface area contributed by atoms with Crippen molar-refractivity contribution in [2.24, 2.45) is 0 Å². The molecule has 0 N–H and O–H groups in total. The highest BCUT2D eigenvalue weighted by atomic mass is 79.9. The molecule has 0 spiro atoms. The molecule has 0 atom stereocenters. The molecule has 0 aliphatic rings. The van der Waals surface area contributed by atoms with Crippen molar-refractivity contribution in [3.8, 4) is 5.75 Å². The van der Waals surface area contributed by atoms with Crippen LogP contribution in [0.25, 0.3) is 0 Å². The molecule has 0 aliphatic carbocycles. The van der Waals surface area contributed by atoms with E-state index in [-0.39, 0.29) is 5.75 Å². The van der Waals surface area contributed by atoms with E-state index in [0.717, 1.165) is 10.2 Å². The molecule has 0 amide bonds. The van der Waals surface area contributed by atoms with Crippen molar-refractivity contribution >= 4 is 26.0 Å². The topological polar surface area (TPSA) is 46.6 Å². The van der Waals surface area contributed by atoms with Crippen LogP contribution in [0.15, 0.2) is 28.7 Å². The first-order valence-electron chi connectivity index (χ1n) is 5.28. The lowest BCUT2D eigenvalue weighted by atomic mass is 10.3. The average molecular weight is 322 g/mol. The Morgan fingerprint density at radius 2 is 1.88 bits per heavy atom. The van der Waals surface area contributed by atoms with Gasteiger partial charge in [-0.15, -0.1) is 0 Å². The quantitative estimate of drug-likeness (QED) is 0.806. The van der Waals surface area contributed by atoms with E-state index in [1.165, 1.54) is 4.31 Å². The maximum absolute atomic E-state index is 11.5. The highest BCUT2D eigenvalue weighted by Gasteiger charge is 2.14. The van der Waals surface area contributed by atoms with Crippen molar-refractivity contribution in [3.63, 3.8) is 0 Å². The Morgan fingerprint density at radius 3 is 2.41 bits per heavy atom. The fourth-order valence-corrected chi connectivity index (χ4v) is 2.24. The molecule has 0 aromatic heterocycles. The SMILES string of the molecule is CCS(=O)(=O)N(C)CCOc1ccc(Br)cc1. The van der Waals surface area contributed by atoms with Gasteiger partial charge in [0.2, 0.25) is 10.0 Å². The summed E-state index contributed by atoms with van der Waals surface area (Å²) in [6, 6.07) is 7.42. The molecule has 6 heteroatoms. The second-order valence-corrected chi connectivity index (χ2v) is 6.80. The summed E-state index contributed by atoms with van der Waals surface area (Å²) >= 11 is 3.33. The first-order valence-corrected chi connectivity index (χ1v) is 7.68. The normalized spacial score (nSPS) is 11.8. The summed E-state index contributed by atoms with van der Waals surface area (Å²) in [5, 5.41) is 0. The smallest absolute Gasteiger partial charge is 0.213 e. The van der Waals surface area contributed by atoms with Gasteiger partial charge in [0.25, 0.3) is 0 Å². The molecule has 0 bridgehead atoms. The molecule has 0 fully saturated rings. The van der Waals surface area contributed by atoms with Gasteiger partial charge in [-0.1, -0.05) is 15.9 Å². The minimum Gasteiger partial charge on any atom is -0.492 e. The minimum absolute atomic E-state index is 0.113. The number of likely N-dealkylation sites (N-methyl/N-ethyl adjacent to an activating group) is 1. The summed E-state index contributed by atoms with van der Waals surface area (Å²) in [4.78, 5) is 0. The van der Waals surface area contributed by atoms with Crippen LogP contribution in [0.2, 0.25) is 0 Å². The lowest BCUT2D eigenvalue weighted by Gasteiger charge is -2.16. The van der Waals surface area contributed by atoms with Crippen molar-refractivity contribution in [1.29, 1.82) is 0 Å². The number of hydrogen-bond donors (Lipinski definition) is 0. The first-order chi connectivity index (χ1) is 7.95. The lowest BCUT2D eigenvalue weighted by Crippen LogP contribution is -2.32. The van der Waals surface area contributed by atoms with Gasteiger partial charge in [-0.3, -0.25) is 0 Å². The van der Waals surface area contributed by atoms with Crippen molar-refractivity contribution in [2.45, 2.75) is 6.92 Å². The van der Waals surface area contributed by atoms with Crippen molar-refractivity contribution < 1.29 is 13.2 Å². The summed E-state index contributed by atoms with van der Waals surface area (Å²) < 4.78 is 30.6. The van der Waals surface area contributed by atoms with Crippen LogP contribution in [0, 0.1) is 0 Å². The second kappa shape index (κ2) is 6.37. The molecule has 0 unspecified atom stereocenters. The van der Waals surface area contributed by atoms with Gasteiger partial charge < -0.3 is 4.74 Å². The monoisotopic (exact) mass is 321 g/mol. The van der Waals surface area contributed by atoms with Crippen LogP contribution < -0.4 is 4.74 Å². The second-order valence-electron chi connectivity index (χ2n) is 3.52. The first kappa shape index (κ1) is 14.5. The highest BCUT2D eigenvalue weighted by Crippen LogP contribution is 2.15. The predicted octanol–water partition coefficient (Wildman–Crippen LogP) is 2.11. The number of benzene rings is 1. The Bertz CT molecular complexity index is 444. The van der Waals surface area contributed by atoms with Gasteiger partial charge in [0.05, 0.1) is 5.75 Å². The molecular formula is C11H16BrNO3S. The fourth-order valence-electron chi connectivity index (χ4n) is 1.18. The van der Waals surface area contributed by atoms with E-state index in [0.29, 0.717) is 13.2 Å². The summed E-state index contributed by atoms with van der Waals surface area (Å²) in [5.41, 5.74) is 0. The molecule has 0 saturated heterocycles. The van der Waals surface area contributed by atoms with Gasteiger partial charge in [0, 0.05) is 18.1 Å². The predicted molar refractivity (Wildman–Crippen MR) is 71.7 cm³/mol. The Hall–Kier alpha value is -0.590. The molecule has 0 heterocycles. The standard InChI is InChI=1S/C11H16BrNO3S/c1-3-17(14,15)13(2)8-9-16-11-6-4-10(12)5-7-11/h4-7H,3,8-9H2,1-2H3. The van der Waals surface area contributed by atoms with Crippen LogP contribution >= 0.6 is 15.9 Å². The average Bonchev–Trinajstić information content (AvgIpc) is 2.31. The third-order valence-corrected chi connectivity index (χ3v) is 4.72. The van der Waals surface area contributed by atoms with Crippen LogP contribution in [-0.4, -0.2) is 38.7 Å². The van der Waals surface area contributed by atoms with Crippen LogP contribution in [0.5, 0.6) is 5.75 Å². The zero-order chi connectivity index (χ0) is 12.9. The molecule has 1 aromatic carbocycles. The molecule has 17 heavy (non-hydrogen) atoms. The van der Waals surface area contributed by atoms with Gasteiger partial charge >= 0.3 is 0 Å². The van der Waals surface area contributed by atoms with Crippen molar-refractivity contribution in [1.82, 2.24) is 4.31 Å². The number of rotatable bonds is 6. The van der Waals surface area contributed by atoms with Crippen LogP contribution in [-0.2, 0) is 10.0 Å². The van der Waals surface area contributed by atoms with E-state index in [9.17, 15) is 8.42 Å². The van der Waals surface area contributed by atoms with E-state index in [1.54, 1.807) is 14.0 Å². The van der Waals surface area contributed by atoms with Crippen molar-refractivity contribution in [3.05, 3.63) is 28.7 Å². The number of hydrogen-bond acceptors (Lipinski definition) is 3. The van der Waals surface area contributed by atoms with Crippen LogP contribution in [0.3, 0.4) is 0 Å². The van der Waals surface area contributed by atoms with Gasteiger partial charge in [0.1, 0.15) is 12.4 Å². The van der Waals surface area contributed by atoms with Gasteiger partial charge in [-0.05, 0) is 31.2 Å². The molecule has 0 aliphatic heterocycles. The van der Waals surface area contributed by atoms with Gasteiger partial charge in [0.15, 0.2) is 0 Å². The molecule has 1 rings (SSSR count). The van der Waals surface area contributed by atoms with E-state index in [2.05, 4.69) is 15.9 Å². The maximum Gasteiger partial charge on any atom is 0.213 e. The van der Waals surface area contributed by atoms with E-state index < -0.39 is 10.0 Å². The Morgan fingerprint density at radius 1 is 1.29 bits per heavy atom. The lowest BCUT2D eigenvalue weighted by molar-refractivity contribution is 0.287. The molecule has 0 saturated carbocycles. The Balaban J connectivity index is 2.41. The molecule has 96 valence electrons. The van der Waals surface area contributed by atoms with Crippen LogP contribution in [0.4, 0.5) is 0 Å². The molecular weight excluding hydrogens is 306 g/mol. The Kier molecular flexibility index (Phi) is 5.42. The zero-order valence-corrected chi connectivity index (χ0v) is 12.3. The third-order valence-electron chi connectivity index (χ3n) is 2.33. The number of nitrogens with zero attached hydrogens (tertiary/aromatic N) is 1. The van der Waals surface area contributed by atoms with E-state index in [1.807, 2.05) is 24.3 Å². The number of halogens is 1. The third kappa shape index (κ3) is 4.65. The number of sulfonamides is 1. The molecule has 0 radical (unpaired) electrons. The van der Waals surface area contributed by atoms with Gasteiger partial charge in [-0.25, -0.2) is 12.7 Å². The minimum atomic E-state index is -3.11. The summed E-state index contributed by atoms with van der Waals surface area (Å²) in [6.07, 6.45) is 0. The van der Waals surface area contributed by atoms with Gasteiger partial charge in [-0.2, -0.15) is 0 Å². The van der Waals surface area contributed by atoms with Crippen LogP contribution in [0.1, 0.15) is 6.92 Å². The van der Waals surface area contributed by atoms with E-state index >= 15 is 0 Å². The summed E-state index contributed by atoms with van der Waals surface area (Å²) in [7, 11) is -1.55. The molecule has 4 nitrogen and oxygen atoms in total. The number of ether oxygens (including phenoxy) is 1. The summed E-state index contributed by atoms with van der Waals surface area (Å²) in [5.74, 6) is 0.845. The summed E-state index contributed by atoms with van der Waals surface area (Å²) in [6.45, 7) is 2.32. The fraction of sp³-hybridized carbons (Fsp3) is 0.455. The Labute approximate surface area is 111 Å². The van der Waals surface area contributed by atoms with E-state index in [4.69, 9.17) is 4.74 Å². The maximum atomic E-state index is 11.5. The largest absolute Gasteiger partial charge is 0.492 e. The molecule has 1 aromatic rings. The van der Waals surface area contributed by atoms with Crippen molar-refractivity contribution in [2.75, 3.05) is 26.0 Å². The zero-order valence-electron chi connectivity index (χ0n) is 9.89.